The molecule has 0 bridgehead atoms. The van der Waals surface area contributed by atoms with E-state index in [0.29, 0.717) is 13.2 Å². The maximum absolute atomic E-state index is 11.9. The molecule has 0 radical (unpaired) electrons. The van der Waals surface area contributed by atoms with E-state index in [9.17, 15) is 9.59 Å². The summed E-state index contributed by atoms with van der Waals surface area (Å²) in [6.07, 6.45) is 1.29. The molecule has 1 aliphatic heterocycles. The topological polar surface area (TPSA) is 66.8 Å². The summed E-state index contributed by atoms with van der Waals surface area (Å²) in [5.74, 6) is -1.49. The molecule has 1 N–H and O–H groups in total. The number of aliphatic carboxylic acids is 1. The molecule has 1 aliphatic rings. The average Bonchev–Trinajstić information content (AvgIpc) is 2.77. The second-order valence-corrected chi connectivity index (χ2v) is 4.12. The highest BCUT2D eigenvalue weighted by atomic mass is 16.5. The summed E-state index contributed by atoms with van der Waals surface area (Å²) in [5, 5.41) is 8.80. The molecule has 0 aromatic heterocycles. The number of carboxylic acid groups (broad SMARTS) is 1. The molecule has 1 heterocycles. The lowest BCUT2D eigenvalue weighted by Gasteiger charge is -2.25. The lowest BCUT2D eigenvalue weighted by molar-refractivity contribution is -0.145. The van der Waals surface area contributed by atoms with E-state index in [-0.39, 0.29) is 18.6 Å². The number of nitrogens with zero attached hydrogens (tertiary/aromatic N) is 1. The number of carbonyl (C=O) groups is 2. The lowest BCUT2D eigenvalue weighted by Crippen LogP contribution is -2.42. The van der Waals surface area contributed by atoms with Gasteiger partial charge < -0.3 is 14.7 Å². The molecule has 1 amide bonds. The van der Waals surface area contributed by atoms with Crippen molar-refractivity contribution < 1.29 is 19.4 Å². The van der Waals surface area contributed by atoms with Gasteiger partial charge in [0.1, 0.15) is 6.10 Å². The first kappa shape index (κ1) is 13.0. The molecule has 2 atom stereocenters. The Morgan fingerprint density at radius 2 is 2.25 bits per heavy atom. The zero-order chi connectivity index (χ0) is 12.1. The zero-order valence-corrected chi connectivity index (χ0v) is 9.81. The van der Waals surface area contributed by atoms with Gasteiger partial charge in [0.15, 0.2) is 0 Å². The highest BCUT2D eigenvalue weighted by molar-refractivity contribution is 5.81. The predicted octanol–water partition coefficient (Wildman–Crippen LogP) is 0.735. The van der Waals surface area contributed by atoms with Gasteiger partial charge in [-0.3, -0.25) is 9.59 Å². The molecule has 1 rings (SSSR count). The zero-order valence-electron chi connectivity index (χ0n) is 9.81. The number of ether oxygens (including phenoxy) is 1. The van der Waals surface area contributed by atoms with Crippen LogP contribution in [0.2, 0.25) is 0 Å². The number of hydrogen-bond acceptors (Lipinski definition) is 3. The Hall–Kier alpha value is -1.10. The standard InChI is InChI=1S/C11H19NO4/c1-3-12(7-8(2)11(14)15)10(13)9-5-4-6-16-9/h8-9H,3-7H2,1-2H3,(H,14,15)/t8?,9-/m1/s1. The minimum absolute atomic E-state index is 0.0758. The van der Waals surface area contributed by atoms with Crippen molar-refractivity contribution in [2.45, 2.75) is 32.8 Å². The van der Waals surface area contributed by atoms with Gasteiger partial charge in [-0.05, 0) is 19.8 Å². The van der Waals surface area contributed by atoms with Crippen LogP contribution in [0.1, 0.15) is 26.7 Å². The van der Waals surface area contributed by atoms with Gasteiger partial charge in [0.2, 0.25) is 0 Å². The Labute approximate surface area is 95.4 Å². The van der Waals surface area contributed by atoms with Crippen LogP contribution in [-0.2, 0) is 14.3 Å². The van der Waals surface area contributed by atoms with Crippen LogP contribution in [0.15, 0.2) is 0 Å². The van der Waals surface area contributed by atoms with Crippen LogP contribution in [0, 0.1) is 5.92 Å². The van der Waals surface area contributed by atoms with Gasteiger partial charge in [0, 0.05) is 19.7 Å². The van der Waals surface area contributed by atoms with Crippen molar-refractivity contribution in [1.29, 1.82) is 0 Å². The molecule has 0 aliphatic carbocycles. The van der Waals surface area contributed by atoms with Crippen LogP contribution in [0.3, 0.4) is 0 Å². The average molecular weight is 229 g/mol. The van der Waals surface area contributed by atoms with Crippen molar-refractivity contribution in [2.75, 3.05) is 19.7 Å². The van der Waals surface area contributed by atoms with Crippen molar-refractivity contribution in [3.05, 3.63) is 0 Å². The summed E-state index contributed by atoms with van der Waals surface area (Å²) in [5.41, 5.74) is 0. The van der Waals surface area contributed by atoms with E-state index in [4.69, 9.17) is 9.84 Å². The molecule has 92 valence electrons. The van der Waals surface area contributed by atoms with Gasteiger partial charge in [-0.25, -0.2) is 0 Å². The summed E-state index contributed by atoms with van der Waals surface area (Å²) >= 11 is 0. The third-order valence-electron chi connectivity index (χ3n) is 2.81. The lowest BCUT2D eigenvalue weighted by atomic mass is 10.1. The summed E-state index contributed by atoms with van der Waals surface area (Å²) in [7, 11) is 0. The van der Waals surface area contributed by atoms with Gasteiger partial charge in [-0.15, -0.1) is 0 Å². The molecule has 0 saturated carbocycles. The largest absolute Gasteiger partial charge is 0.481 e. The molecule has 0 aromatic rings. The van der Waals surface area contributed by atoms with E-state index in [1.807, 2.05) is 6.92 Å². The summed E-state index contributed by atoms with van der Waals surface area (Å²) in [6, 6.07) is 0. The van der Waals surface area contributed by atoms with Gasteiger partial charge in [0.05, 0.1) is 5.92 Å². The van der Waals surface area contributed by atoms with Crippen LogP contribution in [0.4, 0.5) is 0 Å². The van der Waals surface area contributed by atoms with Crippen molar-refractivity contribution in [2.24, 2.45) is 5.92 Å². The number of likely N-dealkylation sites (N-methyl/N-ethyl adjacent to an activating group) is 1. The quantitative estimate of drug-likeness (QED) is 0.755. The van der Waals surface area contributed by atoms with Crippen molar-refractivity contribution in [3.63, 3.8) is 0 Å². The predicted molar refractivity (Wildman–Crippen MR) is 58.0 cm³/mol. The molecule has 1 saturated heterocycles. The van der Waals surface area contributed by atoms with E-state index in [0.717, 1.165) is 12.8 Å². The number of amides is 1. The molecule has 5 nitrogen and oxygen atoms in total. The Morgan fingerprint density at radius 3 is 2.69 bits per heavy atom. The van der Waals surface area contributed by atoms with Crippen LogP contribution < -0.4 is 0 Å². The number of rotatable bonds is 5. The summed E-state index contributed by atoms with van der Waals surface area (Å²) in [6.45, 7) is 4.86. The van der Waals surface area contributed by atoms with E-state index < -0.39 is 11.9 Å². The fourth-order valence-corrected chi connectivity index (χ4v) is 1.76. The first-order valence-electron chi connectivity index (χ1n) is 5.69. The summed E-state index contributed by atoms with van der Waals surface area (Å²) < 4.78 is 5.30. The molecule has 16 heavy (non-hydrogen) atoms. The minimum atomic E-state index is -0.876. The maximum Gasteiger partial charge on any atom is 0.308 e. The Balaban J connectivity index is 2.52. The molecule has 1 fully saturated rings. The highest BCUT2D eigenvalue weighted by Gasteiger charge is 2.29. The smallest absolute Gasteiger partial charge is 0.308 e. The SMILES string of the molecule is CCN(CC(C)C(=O)O)C(=O)[C@H]1CCCO1. The van der Waals surface area contributed by atoms with Crippen molar-refractivity contribution >= 4 is 11.9 Å². The highest BCUT2D eigenvalue weighted by Crippen LogP contribution is 2.15. The first-order valence-corrected chi connectivity index (χ1v) is 5.69. The monoisotopic (exact) mass is 229 g/mol. The van der Waals surface area contributed by atoms with E-state index in [2.05, 4.69) is 0 Å². The third kappa shape index (κ3) is 3.20. The molecule has 0 aromatic carbocycles. The first-order chi connectivity index (χ1) is 7.56. The fourth-order valence-electron chi connectivity index (χ4n) is 1.76. The van der Waals surface area contributed by atoms with Crippen LogP contribution in [0.5, 0.6) is 0 Å². The molecule has 5 heteroatoms. The van der Waals surface area contributed by atoms with Gasteiger partial charge in [0.25, 0.3) is 5.91 Å². The van der Waals surface area contributed by atoms with Crippen LogP contribution in [-0.4, -0.2) is 47.7 Å². The Bertz CT molecular complexity index is 261. The third-order valence-corrected chi connectivity index (χ3v) is 2.81. The molecule has 1 unspecified atom stereocenters. The van der Waals surface area contributed by atoms with Crippen LogP contribution >= 0.6 is 0 Å². The number of hydrogen-bond donors (Lipinski definition) is 1. The van der Waals surface area contributed by atoms with E-state index >= 15 is 0 Å². The maximum atomic E-state index is 11.9. The van der Waals surface area contributed by atoms with Crippen molar-refractivity contribution in [3.8, 4) is 0 Å². The van der Waals surface area contributed by atoms with Gasteiger partial charge in [-0.2, -0.15) is 0 Å². The fraction of sp³-hybridized carbons (Fsp3) is 0.818. The van der Waals surface area contributed by atoms with Crippen molar-refractivity contribution in [1.82, 2.24) is 4.90 Å². The van der Waals surface area contributed by atoms with Gasteiger partial charge in [-0.1, -0.05) is 6.92 Å². The minimum Gasteiger partial charge on any atom is -0.481 e. The normalized spacial score (nSPS) is 21.8. The number of carboxylic acids is 1. The Kier molecular flexibility index (Phi) is 4.73. The Morgan fingerprint density at radius 1 is 1.56 bits per heavy atom. The van der Waals surface area contributed by atoms with E-state index in [1.165, 1.54) is 0 Å². The van der Waals surface area contributed by atoms with Crippen LogP contribution in [0.25, 0.3) is 0 Å². The second-order valence-electron chi connectivity index (χ2n) is 4.12. The molecule has 0 spiro atoms. The molecular formula is C11H19NO4. The molecular weight excluding hydrogens is 210 g/mol. The second kappa shape index (κ2) is 5.84. The summed E-state index contributed by atoms with van der Waals surface area (Å²) in [4.78, 5) is 24.2. The van der Waals surface area contributed by atoms with Gasteiger partial charge >= 0.3 is 5.97 Å². The van der Waals surface area contributed by atoms with E-state index in [1.54, 1.807) is 11.8 Å². The number of carbonyl (C=O) groups excluding carboxylic acids is 1.